The molecular formula is C11H14O4. The summed E-state index contributed by atoms with van der Waals surface area (Å²) in [7, 11) is 1.34. The Morgan fingerprint density at radius 3 is 2.53 bits per heavy atom. The molecule has 0 heterocycles. The van der Waals surface area contributed by atoms with E-state index in [4.69, 9.17) is 4.74 Å². The Balaban J connectivity index is 3.06. The Bertz CT molecular complexity index is 361. The third kappa shape index (κ3) is 2.33. The minimum Gasteiger partial charge on any atom is -0.493 e. The molecule has 0 amide bonds. The number of carbonyl (C=O) groups is 2. The average molecular weight is 210 g/mol. The summed E-state index contributed by atoms with van der Waals surface area (Å²) in [5, 5.41) is 9.23. The summed E-state index contributed by atoms with van der Waals surface area (Å²) in [6.07, 6.45) is 0.711. The first-order chi connectivity index (χ1) is 6.97. The summed E-state index contributed by atoms with van der Waals surface area (Å²) < 4.78 is 4.81. The molecule has 4 nitrogen and oxygen atoms in total. The third-order valence-electron chi connectivity index (χ3n) is 2.30. The van der Waals surface area contributed by atoms with E-state index < -0.39 is 6.10 Å². The minimum absolute atomic E-state index is 0.0428. The summed E-state index contributed by atoms with van der Waals surface area (Å²) in [6, 6.07) is 0. The maximum Gasteiger partial charge on any atom is 0.224 e. The van der Waals surface area contributed by atoms with Crippen molar-refractivity contribution in [3.05, 3.63) is 23.0 Å². The van der Waals surface area contributed by atoms with Gasteiger partial charge in [-0.15, -0.1) is 0 Å². The number of methoxy groups -OCH3 is 1. The quantitative estimate of drug-likeness (QED) is 0.698. The Morgan fingerprint density at radius 1 is 1.47 bits per heavy atom. The van der Waals surface area contributed by atoms with E-state index in [0.717, 1.165) is 0 Å². The number of ether oxygens (including phenoxy) is 1. The largest absolute Gasteiger partial charge is 0.493 e. The minimum atomic E-state index is -0.650. The van der Waals surface area contributed by atoms with Crippen LogP contribution < -0.4 is 0 Å². The van der Waals surface area contributed by atoms with E-state index in [9.17, 15) is 14.7 Å². The summed E-state index contributed by atoms with van der Waals surface area (Å²) in [4.78, 5) is 23.2. The SMILES string of the molecule is COC1=CC(=O)C(C)=C(C[C@H](C)O)C1=O. The molecule has 0 saturated carbocycles. The van der Waals surface area contributed by atoms with Crippen molar-refractivity contribution in [1.29, 1.82) is 0 Å². The van der Waals surface area contributed by atoms with Crippen molar-refractivity contribution < 1.29 is 19.4 Å². The lowest BCUT2D eigenvalue weighted by Crippen LogP contribution is -2.21. The standard InChI is InChI=1S/C11H14O4/c1-6(12)4-8-7(2)9(13)5-10(15-3)11(8)14/h5-6,12H,4H2,1-3H3/t6-/m0/s1. The van der Waals surface area contributed by atoms with Crippen LogP contribution in [0.1, 0.15) is 20.3 Å². The van der Waals surface area contributed by atoms with Gasteiger partial charge in [0.1, 0.15) is 0 Å². The second kappa shape index (κ2) is 4.40. The molecule has 0 aromatic carbocycles. The second-order valence-corrected chi connectivity index (χ2v) is 3.56. The lowest BCUT2D eigenvalue weighted by molar-refractivity contribution is -0.118. The second-order valence-electron chi connectivity index (χ2n) is 3.56. The van der Waals surface area contributed by atoms with Crippen LogP contribution in [0, 0.1) is 0 Å². The summed E-state index contributed by atoms with van der Waals surface area (Å²) in [6.45, 7) is 3.16. The van der Waals surface area contributed by atoms with Gasteiger partial charge in [-0.25, -0.2) is 0 Å². The van der Waals surface area contributed by atoms with Gasteiger partial charge in [0.05, 0.1) is 13.2 Å². The van der Waals surface area contributed by atoms with Gasteiger partial charge in [0, 0.05) is 23.6 Å². The molecule has 1 N–H and O–H groups in total. The van der Waals surface area contributed by atoms with Gasteiger partial charge in [0.15, 0.2) is 11.5 Å². The fraction of sp³-hybridized carbons (Fsp3) is 0.455. The molecule has 1 rings (SSSR count). The smallest absolute Gasteiger partial charge is 0.224 e. The maximum atomic E-state index is 11.7. The zero-order chi connectivity index (χ0) is 11.6. The molecule has 1 atom stereocenters. The van der Waals surface area contributed by atoms with Crippen molar-refractivity contribution in [3.8, 4) is 0 Å². The molecule has 0 radical (unpaired) electrons. The number of aliphatic hydroxyl groups excluding tert-OH is 1. The molecule has 1 aliphatic rings. The molecule has 0 fully saturated rings. The molecule has 0 spiro atoms. The first kappa shape index (κ1) is 11.7. The van der Waals surface area contributed by atoms with Gasteiger partial charge >= 0.3 is 0 Å². The first-order valence-electron chi connectivity index (χ1n) is 4.70. The fourth-order valence-corrected chi connectivity index (χ4v) is 1.45. The molecule has 0 unspecified atom stereocenters. The predicted molar refractivity (Wildman–Crippen MR) is 54.1 cm³/mol. The summed E-state index contributed by atoms with van der Waals surface area (Å²) in [5.41, 5.74) is 0.732. The number of carbonyl (C=O) groups excluding carboxylic acids is 2. The van der Waals surface area contributed by atoms with Crippen LogP contribution in [0.25, 0.3) is 0 Å². The highest BCUT2D eigenvalue weighted by molar-refractivity contribution is 6.21. The van der Waals surface area contributed by atoms with Crippen LogP contribution in [-0.4, -0.2) is 29.9 Å². The molecular weight excluding hydrogens is 196 g/mol. The van der Waals surface area contributed by atoms with E-state index in [1.807, 2.05) is 0 Å². The first-order valence-corrected chi connectivity index (χ1v) is 4.70. The van der Waals surface area contributed by atoms with Gasteiger partial charge in [-0.05, 0) is 13.8 Å². The highest BCUT2D eigenvalue weighted by Gasteiger charge is 2.27. The molecule has 82 valence electrons. The van der Waals surface area contributed by atoms with Crippen LogP contribution in [0.2, 0.25) is 0 Å². The van der Waals surface area contributed by atoms with Crippen molar-refractivity contribution in [2.45, 2.75) is 26.4 Å². The number of rotatable bonds is 3. The lowest BCUT2D eigenvalue weighted by Gasteiger charge is -2.17. The molecule has 0 aromatic rings. The summed E-state index contributed by atoms with van der Waals surface area (Å²) in [5.74, 6) is -0.501. The Morgan fingerprint density at radius 2 is 2.07 bits per heavy atom. The number of Topliss-reactive ketones (excluding diaryl/α,β-unsaturated/α-hetero) is 1. The topological polar surface area (TPSA) is 63.6 Å². The van der Waals surface area contributed by atoms with E-state index in [0.29, 0.717) is 11.1 Å². The zero-order valence-electron chi connectivity index (χ0n) is 9.03. The number of hydrogen-bond donors (Lipinski definition) is 1. The third-order valence-corrected chi connectivity index (χ3v) is 2.30. The van der Waals surface area contributed by atoms with Crippen LogP contribution in [0.3, 0.4) is 0 Å². The number of hydrogen-bond acceptors (Lipinski definition) is 4. The van der Waals surface area contributed by atoms with Crippen molar-refractivity contribution in [2.24, 2.45) is 0 Å². The Kier molecular flexibility index (Phi) is 3.42. The molecule has 15 heavy (non-hydrogen) atoms. The molecule has 0 bridgehead atoms. The van der Waals surface area contributed by atoms with E-state index in [-0.39, 0.29) is 23.7 Å². The van der Waals surface area contributed by atoms with Gasteiger partial charge in [-0.3, -0.25) is 9.59 Å². The summed E-state index contributed by atoms with van der Waals surface area (Å²) >= 11 is 0. The van der Waals surface area contributed by atoms with E-state index >= 15 is 0 Å². The molecule has 0 saturated heterocycles. The molecule has 0 aliphatic heterocycles. The normalized spacial score (nSPS) is 19.1. The van der Waals surface area contributed by atoms with Crippen LogP contribution in [0.5, 0.6) is 0 Å². The Labute approximate surface area is 88.2 Å². The zero-order valence-corrected chi connectivity index (χ0v) is 9.03. The van der Waals surface area contributed by atoms with Gasteiger partial charge in [0.2, 0.25) is 5.78 Å². The molecule has 0 aromatic heterocycles. The highest BCUT2D eigenvalue weighted by atomic mass is 16.5. The number of allylic oxidation sites excluding steroid dienone is 3. The van der Waals surface area contributed by atoms with Crippen LogP contribution in [0.4, 0.5) is 0 Å². The lowest BCUT2D eigenvalue weighted by atomic mass is 9.91. The maximum absolute atomic E-state index is 11.7. The van der Waals surface area contributed by atoms with Crippen LogP contribution in [0.15, 0.2) is 23.0 Å². The molecule has 4 heteroatoms. The van der Waals surface area contributed by atoms with E-state index in [1.54, 1.807) is 13.8 Å². The fourth-order valence-electron chi connectivity index (χ4n) is 1.45. The van der Waals surface area contributed by atoms with Crippen molar-refractivity contribution in [3.63, 3.8) is 0 Å². The van der Waals surface area contributed by atoms with Gasteiger partial charge in [-0.2, -0.15) is 0 Å². The number of aliphatic hydroxyl groups is 1. The van der Waals surface area contributed by atoms with E-state index in [1.165, 1.54) is 13.2 Å². The van der Waals surface area contributed by atoms with Crippen LogP contribution in [-0.2, 0) is 14.3 Å². The van der Waals surface area contributed by atoms with Crippen molar-refractivity contribution >= 4 is 11.6 Å². The van der Waals surface area contributed by atoms with E-state index in [2.05, 4.69) is 0 Å². The Hall–Kier alpha value is -1.42. The van der Waals surface area contributed by atoms with Gasteiger partial charge in [-0.1, -0.05) is 0 Å². The van der Waals surface area contributed by atoms with Crippen molar-refractivity contribution in [2.75, 3.05) is 7.11 Å². The molecule has 1 aliphatic carbocycles. The number of ketones is 2. The van der Waals surface area contributed by atoms with Crippen molar-refractivity contribution in [1.82, 2.24) is 0 Å². The average Bonchev–Trinajstić information content (AvgIpc) is 2.18. The predicted octanol–water partition coefficient (Wildman–Crippen LogP) is 0.756. The van der Waals surface area contributed by atoms with Gasteiger partial charge in [0.25, 0.3) is 0 Å². The van der Waals surface area contributed by atoms with Crippen LogP contribution >= 0.6 is 0 Å². The monoisotopic (exact) mass is 210 g/mol. The highest BCUT2D eigenvalue weighted by Crippen LogP contribution is 2.23. The van der Waals surface area contributed by atoms with Gasteiger partial charge < -0.3 is 9.84 Å².